The summed E-state index contributed by atoms with van der Waals surface area (Å²) in [5, 5.41) is 17.6. The van der Waals surface area contributed by atoms with Crippen LogP contribution in [-0.2, 0) is 0 Å². The van der Waals surface area contributed by atoms with E-state index < -0.39 is 4.92 Å². The van der Waals surface area contributed by atoms with Crippen LogP contribution in [0, 0.1) is 24.0 Å². The topological polar surface area (TPSA) is 85.9 Å². The molecule has 7 nitrogen and oxygen atoms in total. The molecule has 0 radical (unpaired) electrons. The fourth-order valence-electron chi connectivity index (χ4n) is 3.72. The van der Waals surface area contributed by atoms with Gasteiger partial charge in [0.25, 0.3) is 0 Å². The van der Waals surface area contributed by atoms with E-state index in [-0.39, 0.29) is 11.6 Å². The number of hydrogen-bond acceptors (Lipinski definition) is 6. The molecule has 0 amide bonds. The highest BCUT2D eigenvalue weighted by Gasteiger charge is 2.12. The van der Waals surface area contributed by atoms with Crippen molar-refractivity contribution in [3.63, 3.8) is 0 Å². The van der Waals surface area contributed by atoms with Crippen LogP contribution in [0.1, 0.15) is 16.9 Å². The van der Waals surface area contributed by atoms with Gasteiger partial charge in [0.1, 0.15) is 4.92 Å². The summed E-state index contributed by atoms with van der Waals surface area (Å²) in [6, 6.07) is 27.4. The van der Waals surface area contributed by atoms with Crippen molar-refractivity contribution in [3.8, 4) is 22.4 Å². The quantitative estimate of drug-likeness (QED) is 0.143. The monoisotopic (exact) mass is 494 g/mol. The molecule has 0 aliphatic carbocycles. The number of hydrogen-bond donors (Lipinski definition) is 0. The third-order valence-corrected chi connectivity index (χ3v) is 6.46. The van der Waals surface area contributed by atoms with E-state index in [2.05, 4.69) is 47.6 Å². The van der Waals surface area contributed by atoms with Gasteiger partial charge < -0.3 is 4.42 Å². The number of furan rings is 1. The summed E-state index contributed by atoms with van der Waals surface area (Å²) in [5.41, 5.74) is 7.11. The number of aromatic nitrogens is 1. The van der Waals surface area contributed by atoms with Crippen molar-refractivity contribution in [2.45, 2.75) is 13.8 Å². The van der Waals surface area contributed by atoms with Crippen molar-refractivity contribution in [2.24, 2.45) is 10.1 Å². The average molecular weight is 495 g/mol. The first-order chi connectivity index (χ1) is 17.5. The second-order valence-corrected chi connectivity index (χ2v) is 9.07. The molecule has 0 fully saturated rings. The van der Waals surface area contributed by atoms with Gasteiger partial charge in [0.05, 0.1) is 23.7 Å². The zero-order valence-corrected chi connectivity index (χ0v) is 20.5. The lowest BCUT2D eigenvalue weighted by atomic mass is 10.0. The lowest BCUT2D eigenvalue weighted by Gasteiger charge is -2.06. The van der Waals surface area contributed by atoms with Gasteiger partial charge in [-0.15, -0.1) is 11.3 Å². The molecule has 3 aromatic carbocycles. The number of nitro groups is 1. The van der Waals surface area contributed by atoms with Gasteiger partial charge in [0.15, 0.2) is 5.76 Å². The van der Waals surface area contributed by atoms with Gasteiger partial charge in [-0.1, -0.05) is 66.7 Å². The molecule has 2 aromatic heterocycles. The Bertz CT molecular complexity index is 1630. The van der Waals surface area contributed by atoms with Crippen LogP contribution in [-0.4, -0.2) is 15.8 Å². The predicted molar refractivity (Wildman–Crippen MR) is 143 cm³/mol. The lowest BCUT2D eigenvalue weighted by Crippen LogP contribution is -2.11. The smallest absolute Gasteiger partial charge is 0.400 e. The summed E-state index contributed by atoms with van der Waals surface area (Å²) in [4.78, 5) is 16.0. The van der Waals surface area contributed by atoms with Gasteiger partial charge >= 0.3 is 5.88 Å². The standard InChI is InChI=1S/C28H22N4O3S/c1-19-8-9-20(2)25(16-19)30-28-31(29-17-24-14-15-27(35-24)32(33)34)26(18-36-28)23-12-10-22(11-13-23)21-6-4-3-5-7-21/h3-18H,1-2H3. The van der Waals surface area contributed by atoms with Crippen molar-refractivity contribution in [2.75, 3.05) is 0 Å². The van der Waals surface area contributed by atoms with E-state index >= 15 is 0 Å². The minimum absolute atomic E-state index is 0.281. The fraction of sp³-hybridized carbons (Fsp3) is 0.0714. The second kappa shape index (κ2) is 9.97. The largest absolute Gasteiger partial charge is 0.433 e. The highest BCUT2D eigenvalue weighted by molar-refractivity contribution is 7.07. The zero-order valence-electron chi connectivity index (χ0n) is 19.7. The predicted octanol–water partition coefficient (Wildman–Crippen LogP) is 7.12. The molecule has 0 atom stereocenters. The SMILES string of the molecule is Cc1ccc(C)c(N=c2scc(-c3ccc(-c4ccccc4)cc3)n2N=Cc2ccc([N+](=O)[O-])o2)c1. The molecule has 0 aliphatic rings. The lowest BCUT2D eigenvalue weighted by molar-refractivity contribution is -0.402. The average Bonchev–Trinajstić information content (AvgIpc) is 3.53. The molecule has 0 bridgehead atoms. The molecule has 5 rings (SSSR count). The van der Waals surface area contributed by atoms with Gasteiger partial charge in [0, 0.05) is 10.9 Å². The Morgan fingerprint density at radius 2 is 1.64 bits per heavy atom. The number of benzene rings is 3. The summed E-state index contributed by atoms with van der Waals surface area (Å²) in [5.74, 6) is -0.0488. The maximum absolute atomic E-state index is 11.0. The van der Waals surface area contributed by atoms with Crippen LogP contribution in [0.25, 0.3) is 22.4 Å². The summed E-state index contributed by atoms with van der Waals surface area (Å²) < 4.78 is 6.99. The van der Waals surface area contributed by atoms with Gasteiger partial charge in [-0.05, 0) is 48.2 Å². The Labute approximate surface area is 211 Å². The molecule has 0 saturated carbocycles. The summed E-state index contributed by atoms with van der Waals surface area (Å²) in [7, 11) is 0. The Morgan fingerprint density at radius 3 is 2.36 bits per heavy atom. The van der Waals surface area contributed by atoms with Gasteiger partial charge in [-0.3, -0.25) is 10.1 Å². The van der Waals surface area contributed by atoms with E-state index in [0.29, 0.717) is 4.80 Å². The van der Waals surface area contributed by atoms with E-state index in [1.54, 1.807) is 4.68 Å². The Balaban J connectivity index is 1.59. The fourth-order valence-corrected chi connectivity index (χ4v) is 4.57. The Kier molecular flexibility index (Phi) is 6.42. The van der Waals surface area contributed by atoms with E-state index in [0.717, 1.165) is 39.2 Å². The molecule has 0 N–H and O–H groups in total. The molecule has 5 aromatic rings. The number of aryl methyl sites for hydroxylation is 2. The van der Waals surface area contributed by atoms with Crippen molar-refractivity contribution in [1.82, 2.24) is 4.68 Å². The molecular formula is C28H22N4O3S. The van der Waals surface area contributed by atoms with Crippen LogP contribution in [0.2, 0.25) is 0 Å². The van der Waals surface area contributed by atoms with Crippen LogP contribution in [0.3, 0.4) is 0 Å². The van der Waals surface area contributed by atoms with Gasteiger partial charge in [-0.2, -0.15) is 5.10 Å². The molecule has 8 heteroatoms. The number of rotatable bonds is 6. The maximum atomic E-state index is 11.0. The molecule has 2 heterocycles. The number of thiazole rings is 1. The van der Waals surface area contributed by atoms with Crippen LogP contribution >= 0.6 is 11.3 Å². The van der Waals surface area contributed by atoms with E-state index in [4.69, 9.17) is 9.41 Å². The first-order valence-electron chi connectivity index (χ1n) is 11.2. The van der Waals surface area contributed by atoms with Gasteiger partial charge in [-0.25, -0.2) is 9.67 Å². The van der Waals surface area contributed by atoms with E-state index in [1.807, 2.05) is 49.6 Å². The summed E-state index contributed by atoms with van der Waals surface area (Å²) in [6.45, 7) is 4.05. The van der Waals surface area contributed by atoms with Crippen molar-refractivity contribution >= 4 is 29.1 Å². The number of nitrogens with zero attached hydrogens (tertiary/aromatic N) is 4. The van der Waals surface area contributed by atoms with Crippen molar-refractivity contribution < 1.29 is 9.34 Å². The molecule has 36 heavy (non-hydrogen) atoms. The first kappa shape index (κ1) is 23.2. The van der Waals surface area contributed by atoms with Crippen LogP contribution in [0.5, 0.6) is 0 Å². The Morgan fingerprint density at radius 1 is 0.917 bits per heavy atom. The summed E-state index contributed by atoms with van der Waals surface area (Å²) >= 11 is 1.47. The molecule has 0 spiro atoms. The molecule has 0 aliphatic heterocycles. The van der Waals surface area contributed by atoms with Gasteiger partial charge in [0.2, 0.25) is 4.80 Å². The van der Waals surface area contributed by atoms with Crippen molar-refractivity contribution in [3.05, 3.63) is 122 Å². The Hall–Kier alpha value is -4.56. The molecule has 0 saturated heterocycles. The van der Waals surface area contributed by atoms with Crippen molar-refractivity contribution in [1.29, 1.82) is 0 Å². The second-order valence-electron chi connectivity index (χ2n) is 8.24. The van der Waals surface area contributed by atoms with E-state index in [1.165, 1.54) is 29.7 Å². The zero-order chi connectivity index (χ0) is 25.1. The first-order valence-corrected chi connectivity index (χ1v) is 12.1. The molecular weight excluding hydrogens is 472 g/mol. The summed E-state index contributed by atoms with van der Waals surface area (Å²) in [6.07, 6.45) is 1.46. The van der Waals surface area contributed by atoms with Crippen LogP contribution < -0.4 is 4.80 Å². The highest BCUT2D eigenvalue weighted by Crippen LogP contribution is 2.26. The highest BCUT2D eigenvalue weighted by atomic mass is 32.1. The maximum Gasteiger partial charge on any atom is 0.433 e. The normalized spacial score (nSPS) is 11.9. The molecule has 178 valence electrons. The van der Waals surface area contributed by atoms with Crippen LogP contribution in [0.15, 0.2) is 105 Å². The van der Waals surface area contributed by atoms with Crippen LogP contribution in [0.4, 0.5) is 11.6 Å². The third kappa shape index (κ3) is 4.94. The third-order valence-electron chi connectivity index (χ3n) is 5.65. The minimum Gasteiger partial charge on any atom is -0.400 e. The molecule has 0 unspecified atom stereocenters. The van der Waals surface area contributed by atoms with E-state index in [9.17, 15) is 10.1 Å². The minimum atomic E-state index is -0.573.